The van der Waals surface area contributed by atoms with E-state index >= 15 is 0 Å². The lowest BCUT2D eigenvalue weighted by molar-refractivity contribution is 0.196. The topological polar surface area (TPSA) is 69.9 Å². The Bertz CT molecular complexity index is 544. The molecule has 5 heteroatoms. The Balaban J connectivity index is 2.14. The molecule has 0 spiro atoms. The molecular weight excluding hydrogens is 218 g/mol. The fourth-order valence-electron chi connectivity index (χ4n) is 1.81. The Morgan fingerprint density at radius 2 is 2.12 bits per heavy atom. The molecule has 2 aromatic rings. The molecule has 0 amide bonds. The predicted octanol–water partition coefficient (Wildman–Crippen LogP) is 1.15. The van der Waals surface area contributed by atoms with Gasteiger partial charge in [0.25, 0.3) is 0 Å². The summed E-state index contributed by atoms with van der Waals surface area (Å²) in [6.07, 6.45) is 0. The van der Waals surface area contributed by atoms with Crippen molar-refractivity contribution >= 4 is 11.0 Å². The van der Waals surface area contributed by atoms with Crippen molar-refractivity contribution in [1.82, 2.24) is 15.3 Å². The Hall–Kier alpha value is -1.59. The van der Waals surface area contributed by atoms with Gasteiger partial charge in [0.1, 0.15) is 0 Å². The van der Waals surface area contributed by atoms with Crippen LogP contribution in [0.25, 0.3) is 11.0 Å². The van der Waals surface area contributed by atoms with Crippen molar-refractivity contribution < 1.29 is 4.74 Å². The van der Waals surface area contributed by atoms with Crippen LogP contribution in [0.1, 0.15) is 18.5 Å². The lowest BCUT2D eigenvalue weighted by atomic mass is 10.1. The van der Waals surface area contributed by atoms with Crippen LogP contribution in [0.4, 0.5) is 0 Å². The Morgan fingerprint density at radius 1 is 1.35 bits per heavy atom. The monoisotopic (exact) mass is 235 g/mol. The first kappa shape index (κ1) is 11.9. The summed E-state index contributed by atoms with van der Waals surface area (Å²) in [5.41, 5.74) is 2.65. The van der Waals surface area contributed by atoms with Crippen LogP contribution in [0.2, 0.25) is 0 Å². The summed E-state index contributed by atoms with van der Waals surface area (Å²) < 4.78 is 4.99. The van der Waals surface area contributed by atoms with E-state index in [1.165, 1.54) is 0 Å². The molecule has 2 rings (SSSR count). The molecule has 0 saturated carbocycles. The van der Waals surface area contributed by atoms with E-state index in [-0.39, 0.29) is 11.7 Å². The van der Waals surface area contributed by atoms with Crippen molar-refractivity contribution in [2.24, 2.45) is 0 Å². The number of aromatic amines is 2. The summed E-state index contributed by atoms with van der Waals surface area (Å²) in [5.74, 6) is 0. The first-order valence-corrected chi connectivity index (χ1v) is 5.65. The number of nitrogens with one attached hydrogen (secondary N) is 3. The number of hydrogen-bond acceptors (Lipinski definition) is 3. The van der Waals surface area contributed by atoms with Gasteiger partial charge in [-0.3, -0.25) is 0 Å². The molecule has 1 heterocycles. The quantitative estimate of drug-likeness (QED) is 0.681. The largest absolute Gasteiger partial charge is 0.383 e. The Morgan fingerprint density at radius 3 is 2.88 bits per heavy atom. The van der Waals surface area contributed by atoms with Gasteiger partial charge in [0.2, 0.25) is 0 Å². The third-order valence-corrected chi connectivity index (χ3v) is 2.80. The highest BCUT2D eigenvalue weighted by Gasteiger charge is 2.06. The Kier molecular flexibility index (Phi) is 3.61. The predicted molar refractivity (Wildman–Crippen MR) is 67.2 cm³/mol. The molecule has 0 saturated heterocycles. The third kappa shape index (κ3) is 2.75. The van der Waals surface area contributed by atoms with Gasteiger partial charge in [-0.1, -0.05) is 6.07 Å². The lowest BCUT2D eigenvalue weighted by Gasteiger charge is -2.13. The maximum Gasteiger partial charge on any atom is 0.323 e. The first-order chi connectivity index (χ1) is 8.20. The van der Waals surface area contributed by atoms with Crippen molar-refractivity contribution in [2.75, 3.05) is 20.3 Å². The van der Waals surface area contributed by atoms with Crippen molar-refractivity contribution in [1.29, 1.82) is 0 Å². The van der Waals surface area contributed by atoms with Gasteiger partial charge in [0.15, 0.2) is 0 Å². The number of imidazole rings is 1. The van der Waals surface area contributed by atoms with Crippen molar-refractivity contribution in [3.05, 3.63) is 34.2 Å². The summed E-state index contributed by atoms with van der Waals surface area (Å²) in [7, 11) is 1.68. The van der Waals surface area contributed by atoms with Crippen molar-refractivity contribution in [2.45, 2.75) is 13.0 Å². The van der Waals surface area contributed by atoms with E-state index in [0.29, 0.717) is 6.61 Å². The smallest absolute Gasteiger partial charge is 0.323 e. The number of aromatic nitrogens is 2. The maximum absolute atomic E-state index is 11.1. The molecule has 5 nitrogen and oxygen atoms in total. The number of ether oxygens (including phenoxy) is 1. The van der Waals surface area contributed by atoms with Crippen LogP contribution in [0.5, 0.6) is 0 Å². The molecule has 0 aliphatic heterocycles. The minimum absolute atomic E-state index is 0.169. The number of methoxy groups -OCH3 is 1. The van der Waals surface area contributed by atoms with E-state index in [2.05, 4.69) is 22.2 Å². The SMILES string of the molecule is COCCNC(C)c1ccc2[nH]c(=O)[nH]c2c1. The standard InChI is InChI=1S/C12H17N3O2/c1-8(13-5-6-17-2)9-3-4-10-11(7-9)15-12(16)14-10/h3-4,7-8,13H,5-6H2,1-2H3,(H2,14,15,16). The van der Waals surface area contributed by atoms with Gasteiger partial charge in [-0.15, -0.1) is 0 Å². The molecule has 0 radical (unpaired) electrons. The van der Waals surface area contributed by atoms with Crippen LogP contribution in [0, 0.1) is 0 Å². The number of fused-ring (bicyclic) bond motifs is 1. The highest BCUT2D eigenvalue weighted by molar-refractivity contribution is 5.75. The second-order valence-electron chi connectivity index (χ2n) is 4.05. The van der Waals surface area contributed by atoms with E-state index < -0.39 is 0 Å². The van der Waals surface area contributed by atoms with Gasteiger partial charge >= 0.3 is 5.69 Å². The molecule has 1 aromatic carbocycles. The van der Waals surface area contributed by atoms with Gasteiger partial charge < -0.3 is 20.0 Å². The molecule has 1 aromatic heterocycles. The summed E-state index contributed by atoms with van der Waals surface area (Å²) in [5, 5.41) is 3.34. The molecular formula is C12H17N3O2. The van der Waals surface area contributed by atoms with Crippen LogP contribution in [-0.2, 0) is 4.74 Å². The van der Waals surface area contributed by atoms with Crippen molar-refractivity contribution in [3.63, 3.8) is 0 Å². The summed E-state index contributed by atoms with van der Waals surface area (Å²) >= 11 is 0. The summed E-state index contributed by atoms with van der Waals surface area (Å²) in [6, 6.07) is 6.14. The number of H-pyrrole nitrogens is 2. The first-order valence-electron chi connectivity index (χ1n) is 5.65. The van der Waals surface area contributed by atoms with Gasteiger partial charge in [-0.2, -0.15) is 0 Å². The van der Waals surface area contributed by atoms with E-state index in [1.54, 1.807) is 7.11 Å². The van der Waals surface area contributed by atoms with Gasteiger partial charge in [0.05, 0.1) is 17.6 Å². The van der Waals surface area contributed by atoms with Crippen LogP contribution < -0.4 is 11.0 Å². The molecule has 17 heavy (non-hydrogen) atoms. The van der Waals surface area contributed by atoms with Crippen LogP contribution in [-0.4, -0.2) is 30.2 Å². The zero-order valence-electron chi connectivity index (χ0n) is 10.0. The fourth-order valence-corrected chi connectivity index (χ4v) is 1.81. The second-order valence-corrected chi connectivity index (χ2v) is 4.05. The normalized spacial score (nSPS) is 13.1. The van der Waals surface area contributed by atoms with E-state index in [9.17, 15) is 4.79 Å². The van der Waals surface area contributed by atoms with Gasteiger partial charge in [-0.25, -0.2) is 4.79 Å². The molecule has 0 bridgehead atoms. The second kappa shape index (κ2) is 5.16. The maximum atomic E-state index is 11.1. The van der Waals surface area contributed by atoms with Crippen LogP contribution >= 0.6 is 0 Å². The lowest BCUT2D eigenvalue weighted by Crippen LogP contribution is -2.22. The van der Waals surface area contributed by atoms with E-state index in [1.807, 2.05) is 18.2 Å². The Labute approximate surface area is 99.2 Å². The molecule has 0 fully saturated rings. The van der Waals surface area contributed by atoms with E-state index in [4.69, 9.17) is 4.74 Å². The minimum atomic E-state index is -0.169. The molecule has 0 aliphatic carbocycles. The molecule has 3 N–H and O–H groups in total. The molecule has 1 unspecified atom stereocenters. The van der Waals surface area contributed by atoms with Gasteiger partial charge in [0, 0.05) is 19.7 Å². The third-order valence-electron chi connectivity index (χ3n) is 2.80. The van der Waals surface area contributed by atoms with Crippen LogP contribution in [0.15, 0.2) is 23.0 Å². The zero-order chi connectivity index (χ0) is 12.3. The average molecular weight is 235 g/mol. The zero-order valence-corrected chi connectivity index (χ0v) is 10.0. The summed E-state index contributed by atoms with van der Waals surface area (Å²) in [6.45, 7) is 3.58. The fraction of sp³-hybridized carbons (Fsp3) is 0.417. The highest BCUT2D eigenvalue weighted by atomic mass is 16.5. The molecule has 0 aliphatic rings. The molecule has 1 atom stereocenters. The molecule has 92 valence electrons. The van der Waals surface area contributed by atoms with E-state index in [0.717, 1.165) is 23.1 Å². The van der Waals surface area contributed by atoms with Gasteiger partial charge in [-0.05, 0) is 24.6 Å². The minimum Gasteiger partial charge on any atom is -0.383 e. The number of rotatable bonds is 5. The highest BCUT2D eigenvalue weighted by Crippen LogP contribution is 2.16. The number of benzene rings is 1. The van der Waals surface area contributed by atoms with Crippen molar-refractivity contribution in [3.8, 4) is 0 Å². The number of hydrogen-bond donors (Lipinski definition) is 3. The van der Waals surface area contributed by atoms with Crippen LogP contribution in [0.3, 0.4) is 0 Å². The summed E-state index contributed by atoms with van der Waals surface area (Å²) in [4.78, 5) is 16.6. The average Bonchev–Trinajstić information content (AvgIpc) is 2.68.